The van der Waals surface area contributed by atoms with E-state index in [4.69, 9.17) is 9.26 Å². The third-order valence-electron chi connectivity index (χ3n) is 4.42. The summed E-state index contributed by atoms with van der Waals surface area (Å²) in [6.07, 6.45) is 2.77. The van der Waals surface area contributed by atoms with Gasteiger partial charge in [-0.3, -0.25) is 9.69 Å². The molecule has 1 saturated heterocycles. The molecule has 0 radical (unpaired) electrons. The number of hydrogen-bond acceptors (Lipinski definition) is 6. The van der Waals surface area contributed by atoms with Gasteiger partial charge in [0, 0.05) is 13.5 Å². The maximum absolute atomic E-state index is 12.3. The van der Waals surface area contributed by atoms with Gasteiger partial charge in [-0.1, -0.05) is 17.3 Å². The van der Waals surface area contributed by atoms with Crippen LogP contribution < -0.4 is 10.1 Å². The van der Waals surface area contributed by atoms with Crippen molar-refractivity contribution in [1.82, 2.24) is 20.4 Å². The highest BCUT2D eigenvalue weighted by atomic mass is 16.5. The first-order valence-corrected chi connectivity index (χ1v) is 8.59. The van der Waals surface area contributed by atoms with Crippen LogP contribution in [0.3, 0.4) is 0 Å². The molecule has 1 aliphatic heterocycles. The number of nitrogens with zero attached hydrogens (tertiary/aromatic N) is 3. The van der Waals surface area contributed by atoms with Crippen molar-refractivity contribution in [3.63, 3.8) is 0 Å². The van der Waals surface area contributed by atoms with Gasteiger partial charge in [-0.05, 0) is 43.5 Å². The fourth-order valence-electron chi connectivity index (χ4n) is 3.17. The molecule has 1 aliphatic rings. The van der Waals surface area contributed by atoms with Gasteiger partial charge >= 0.3 is 0 Å². The summed E-state index contributed by atoms with van der Waals surface area (Å²) in [6.45, 7) is 3.62. The van der Waals surface area contributed by atoms with Gasteiger partial charge in [-0.2, -0.15) is 4.98 Å². The molecule has 1 fully saturated rings. The Hall–Kier alpha value is -2.41. The monoisotopic (exact) mass is 344 g/mol. The Balaban J connectivity index is 1.47. The van der Waals surface area contributed by atoms with E-state index in [0.717, 1.165) is 37.1 Å². The summed E-state index contributed by atoms with van der Waals surface area (Å²) in [4.78, 5) is 18.7. The van der Waals surface area contributed by atoms with Crippen molar-refractivity contribution in [2.45, 2.75) is 32.2 Å². The highest BCUT2D eigenvalue weighted by Crippen LogP contribution is 2.29. The molecule has 0 spiro atoms. The van der Waals surface area contributed by atoms with Crippen molar-refractivity contribution in [2.75, 3.05) is 26.7 Å². The lowest BCUT2D eigenvalue weighted by Gasteiger charge is -2.21. The normalized spacial score (nSPS) is 17.6. The Labute approximate surface area is 147 Å². The van der Waals surface area contributed by atoms with Gasteiger partial charge in [0.2, 0.25) is 11.8 Å². The maximum atomic E-state index is 12.3. The molecule has 1 atom stereocenters. The largest absolute Gasteiger partial charge is 0.497 e. The molecule has 0 aliphatic carbocycles. The van der Waals surface area contributed by atoms with Gasteiger partial charge in [0.25, 0.3) is 0 Å². The fraction of sp³-hybridized carbons (Fsp3) is 0.500. The average Bonchev–Trinajstić information content (AvgIpc) is 3.23. The Morgan fingerprint density at radius 3 is 3.12 bits per heavy atom. The van der Waals surface area contributed by atoms with E-state index in [0.29, 0.717) is 24.8 Å². The van der Waals surface area contributed by atoms with Gasteiger partial charge < -0.3 is 14.6 Å². The Morgan fingerprint density at radius 2 is 2.36 bits per heavy atom. The van der Waals surface area contributed by atoms with Crippen LogP contribution >= 0.6 is 0 Å². The maximum Gasteiger partial charge on any atom is 0.234 e. The summed E-state index contributed by atoms with van der Waals surface area (Å²) in [7, 11) is 1.65. The topological polar surface area (TPSA) is 80.5 Å². The standard InChI is InChI=1S/C18H24N4O3/c1-13-20-18(21-25-13)16-7-4-10-22(16)12-17(23)19-9-8-14-5-3-6-15(11-14)24-2/h3,5-6,11,16H,4,7-10,12H2,1-2H3,(H,19,23)/t16-/m1/s1. The van der Waals surface area contributed by atoms with Crippen LogP contribution in [-0.4, -0.2) is 47.7 Å². The lowest BCUT2D eigenvalue weighted by atomic mass is 10.1. The summed E-state index contributed by atoms with van der Waals surface area (Å²) in [5, 5.41) is 6.99. The first-order chi connectivity index (χ1) is 12.2. The number of methoxy groups -OCH3 is 1. The number of hydrogen-bond donors (Lipinski definition) is 1. The molecule has 1 aromatic carbocycles. The van der Waals surface area contributed by atoms with Crippen molar-refractivity contribution in [3.05, 3.63) is 41.5 Å². The first kappa shape index (κ1) is 17.4. The molecule has 0 saturated carbocycles. The predicted molar refractivity (Wildman–Crippen MR) is 92.3 cm³/mol. The molecular formula is C18H24N4O3. The zero-order valence-electron chi connectivity index (χ0n) is 14.7. The van der Waals surface area contributed by atoms with Crippen LogP contribution in [0.25, 0.3) is 0 Å². The Bertz CT molecular complexity index is 716. The van der Waals surface area contributed by atoms with E-state index in [9.17, 15) is 4.79 Å². The number of carbonyl (C=O) groups is 1. The third kappa shape index (κ3) is 4.57. The van der Waals surface area contributed by atoms with E-state index in [1.807, 2.05) is 24.3 Å². The van der Waals surface area contributed by atoms with Crippen molar-refractivity contribution < 1.29 is 14.1 Å². The smallest absolute Gasteiger partial charge is 0.234 e. The van der Waals surface area contributed by atoms with Crippen LogP contribution in [0, 0.1) is 6.92 Å². The zero-order valence-corrected chi connectivity index (χ0v) is 14.7. The van der Waals surface area contributed by atoms with Crippen molar-refractivity contribution in [3.8, 4) is 5.75 Å². The van der Waals surface area contributed by atoms with Crippen molar-refractivity contribution in [2.24, 2.45) is 0 Å². The minimum atomic E-state index is 0.0232. The van der Waals surface area contributed by atoms with Gasteiger partial charge in [-0.25, -0.2) is 0 Å². The first-order valence-electron chi connectivity index (χ1n) is 8.59. The summed E-state index contributed by atoms with van der Waals surface area (Å²) >= 11 is 0. The van der Waals surface area contributed by atoms with E-state index >= 15 is 0 Å². The number of rotatable bonds is 7. The number of ether oxygens (including phenoxy) is 1. The number of amides is 1. The van der Waals surface area contributed by atoms with Crippen LogP contribution in [0.5, 0.6) is 5.75 Å². The molecule has 134 valence electrons. The zero-order chi connectivity index (χ0) is 17.6. The molecular weight excluding hydrogens is 320 g/mol. The summed E-state index contributed by atoms with van der Waals surface area (Å²) in [6, 6.07) is 7.96. The SMILES string of the molecule is COc1cccc(CCNC(=O)CN2CCC[C@@H]2c2noc(C)n2)c1. The second kappa shape index (κ2) is 8.11. The second-order valence-corrected chi connectivity index (χ2v) is 6.25. The van der Waals surface area contributed by atoms with Crippen LogP contribution in [-0.2, 0) is 11.2 Å². The number of benzene rings is 1. The summed E-state index contributed by atoms with van der Waals surface area (Å²) in [5.74, 6) is 2.10. The predicted octanol–water partition coefficient (Wildman–Crippen LogP) is 1.88. The molecule has 1 amide bonds. The number of carbonyl (C=O) groups excluding carboxylic acids is 1. The Morgan fingerprint density at radius 1 is 1.48 bits per heavy atom. The van der Waals surface area contributed by atoms with Crippen LogP contribution in [0.15, 0.2) is 28.8 Å². The molecule has 7 nitrogen and oxygen atoms in total. The molecule has 0 unspecified atom stereocenters. The van der Waals surface area contributed by atoms with E-state index in [1.165, 1.54) is 0 Å². The van der Waals surface area contributed by atoms with E-state index < -0.39 is 0 Å². The van der Waals surface area contributed by atoms with Gasteiger partial charge in [0.05, 0.1) is 19.7 Å². The van der Waals surface area contributed by atoms with E-state index in [1.54, 1.807) is 14.0 Å². The quantitative estimate of drug-likeness (QED) is 0.826. The Kier molecular flexibility index (Phi) is 5.65. The van der Waals surface area contributed by atoms with Crippen LogP contribution in [0.1, 0.15) is 36.2 Å². The molecule has 0 bridgehead atoms. The highest BCUT2D eigenvalue weighted by molar-refractivity contribution is 5.78. The second-order valence-electron chi connectivity index (χ2n) is 6.25. The van der Waals surface area contributed by atoms with Crippen molar-refractivity contribution in [1.29, 1.82) is 0 Å². The van der Waals surface area contributed by atoms with E-state index in [2.05, 4.69) is 20.4 Å². The minimum Gasteiger partial charge on any atom is -0.497 e. The molecule has 7 heteroatoms. The number of aryl methyl sites for hydroxylation is 1. The minimum absolute atomic E-state index is 0.0232. The summed E-state index contributed by atoms with van der Waals surface area (Å²) < 4.78 is 10.3. The average molecular weight is 344 g/mol. The van der Waals surface area contributed by atoms with Crippen molar-refractivity contribution >= 4 is 5.91 Å². The molecule has 1 aromatic heterocycles. The number of aromatic nitrogens is 2. The number of nitrogens with one attached hydrogen (secondary N) is 1. The molecule has 25 heavy (non-hydrogen) atoms. The highest BCUT2D eigenvalue weighted by Gasteiger charge is 2.30. The summed E-state index contributed by atoms with van der Waals surface area (Å²) in [5.41, 5.74) is 1.14. The van der Waals surface area contributed by atoms with Gasteiger partial charge in [0.1, 0.15) is 5.75 Å². The van der Waals surface area contributed by atoms with Gasteiger partial charge in [-0.15, -0.1) is 0 Å². The molecule has 3 rings (SSSR count). The fourth-order valence-corrected chi connectivity index (χ4v) is 3.17. The van der Waals surface area contributed by atoms with Crippen LogP contribution in [0.2, 0.25) is 0 Å². The molecule has 1 N–H and O–H groups in total. The molecule has 2 aromatic rings. The lowest BCUT2D eigenvalue weighted by molar-refractivity contribution is -0.122. The molecule has 2 heterocycles. The van der Waals surface area contributed by atoms with E-state index in [-0.39, 0.29) is 11.9 Å². The number of likely N-dealkylation sites (tertiary alicyclic amines) is 1. The third-order valence-corrected chi connectivity index (χ3v) is 4.42. The lowest BCUT2D eigenvalue weighted by Crippen LogP contribution is -2.38. The van der Waals surface area contributed by atoms with Gasteiger partial charge in [0.15, 0.2) is 5.82 Å². The van der Waals surface area contributed by atoms with Crippen LogP contribution in [0.4, 0.5) is 0 Å².